The van der Waals surface area contributed by atoms with Crippen molar-refractivity contribution in [2.24, 2.45) is 11.5 Å². The van der Waals surface area contributed by atoms with E-state index < -0.39 is 11.9 Å². The van der Waals surface area contributed by atoms with E-state index in [1.807, 2.05) is 37.3 Å². The third kappa shape index (κ3) is 11.2. The first-order valence-corrected chi connectivity index (χ1v) is 13.5. The van der Waals surface area contributed by atoms with Gasteiger partial charge in [0.2, 0.25) is 11.8 Å². The molecule has 0 aliphatic heterocycles. The number of ether oxygens (including phenoxy) is 1. The molecule has 0 saturated heterocycles. The number of carbonyl (C=O) groups excluding carboxylic acids is 3. The number of hydrogen-bond donors (Lipinski definition) is 2. The van der Waals surface area contributed by atoms with E-state index in [-0.39, 0.29) is 37.4 Å². The Morgan fingerprint density at radius 2 is 1.57 bits per heavy atom. The summed E-state index contributed by atoms with van der Waals surface area (Å²) in [6.45, 7) is 4.87. The Kier molecular flexibility index (Phi) is 13.4. The summed E-state index contributed by atoms with van der Waals surface area (Å²) in [4.78, 5) is 39.0. The van der Waals surface area contributed by atoms with Crippen molar-refractivity contribution in [2.45, 2.75) is 90.3 Å². The summed E-state index contributed by atoms with van der Waals surface area (Å²) < 4.78 is 5.31. The minimum absolute atomic E-state index is 0.0713. The highest BCUT2D eigenvalue weighted by molar-refractivity contribution is 5.83. The zero-order valence-electron chi connectivity index (χ0n) is 22.4. The minimum Gasteiger partial charge on any atom is -0.461 e. The van der Waals surface area contributed by atoms with E-state index in [1.165, 1.54) is 5.56 Å². The Morgan fingerprint density at radius 3 is 2.19 bits per heavy atom. The summed E-state index contributed by atoms with van der Waals surface area (Å²) in [6.07, 6.45) is 5.65. The molecule has 0 bridgehead atoms. The van der Waals surface area contributed by atoms with E-state index in [0.29, 0.717) is 25.8 Å². The van der Waals surface area contributed by atoms with Crippen molar-refractivity contribution in [2.75, 3.05) is 6.54 Å². The average molecular weight is 510 g/mol. The summed E-state index contributed by atoms with van der Waals surface area (Å²) in [5.41, 5.74) is 15.1. The highest BCUT2D eigenvalue weighted by Gasteiger charge is 2.28. The van der Waals surface area contributed by atoms with E-state index in [1.54, 1.807) is 4.90 Å². The van der Waals surface area contributed by atoms with Gasteiger partial charge in [-0.05, 0) is 55.2 Å². The van der Waals surface area contributed by atoms with Crippen LogP contribution in [-0.2, 0) is 38.6 Å². The Balaban J connectivity index is 1.95. The number of benzene rings is 2. The van der Waals surface area contributed by atoms with Crippen LogP contribution in [0.5, 0.6) is 0 Å². The Morgan fingerprint density at radius 1 is 0.892 bits per heavy atom. The van der Waals surface area contributed by atoms with Gasteiger partial charge in [-0.15, -0.1) is 0 Å². The molecule has 0 radical (unpaired) electrons. The van der Waals surface area contributed by atoms with E-state index in [9.17, 15) is 14.4 Å². The van der Waals surface area contributed by atoms with Crippen LogP contribution >= 0.6 is 0 Å². The minimum atomic E-state index is -0.764. The Bertz CT molecular complexity index is 963. The van der Waals surface area contributed by atoms with Crippen LogP contribution in [0.3, 0.4) is 0 Å². The number of esters is 1. The molecule has 0 heterocycles. The second-order valence-corrected chi connectivity index (χ2v) is 9.63. The van der Waals surface area contributed by atoms with Gasteiger partial charge in [0.25, 0.3) is 0 Å². The molecule has 0 fully saturated rings. The number of unbranched alkanes of at least 4 members (excludes halogenated alkanes) is 1. The number of nitrogens with two attached hydrogens (primary N) is 2. The first-order chi connectivity index (χ1) is 17.8. The molecule has 0 spiro atoms. The van der Waals surface area contributed by atoms with Gasteiger partial charge in [0.15, 0.2) is 0 Å². The third-order valence-corrected chi connectivity index (χ3v) is 6.39. The lowest BCUT2D eigenvalue weighted by atomic mass is 9.97. The summed E-state index contributed by atoms with van der Waals surface area (Å²) in [5.74, 6) is -0.985. The zero-order valence-corrected chi connectivity index (χ0v) is 22.4. The van der Waals surface area contributed by atoms with Crippen molar-refractivity contribution in [3.8, 4) is 0 Å². The summed E-state index contributed by atoms with van der Waals surface area (Å²) in [6, 6.07) is 16.7. The summed E-state index contributed by atoms with van der Waals surface area (Å²) in [7, 11) is 0. The molecule has 0 aliphatic rings. The molecule has 0 saturated carbocycles. The maximum absolute atomic E-state index is 13.3. The SMILES string of the molecule is CCCCc1ccc(C[C@@H](CC(N)=O)N(CCC)C(=O)[C@@H](N)CCCC(=O)OCc2ccccc2)cc1. The highest BCUT2D eigenvalue weighted by Crippen LogP contribution is 2.17. The topological polar surface area (TPSA) is 116 Å². The monoisotopic (exact) mass is 509 g/mol. The number of hydrogen-bond acceptors (Lipinski definition) is 5. The van der Waals surface area contributed by atoms with Crippen LogP contribution in [0.2, 0.25) is 0 Å². The van der Waals surface area contributed by atoms with Gasteiger partial charge in [-0.25, -0.2) is 0 Å². The average Bonchev–Trinajstić information content (AvgIpc) is 2.89. The van der Waals surface area contributed by atoms with Crippen molar-refractivity contribution in [1.82, 2.24) is 4.90 Å². The van der Waals surface area contributed by atoms with Gasteiger partial charge in [0.05, 0.1) is 6.04 Å². The van der Waals surface area contributed by atoms with Crippen molar-refractivity contribution in [1.29, 1.82) is 0 Å². The molecule has 2 amide bonds. The van der Waals surface area contributed by atoms with E-state index >= 15 is 0 Å². The lowest BCUT2D eigenvalue weighted by Crippen LogP contribution is -2.50. The fraction of sp³-hybridized carbons (Fsp3) is 0.500. The summed E-state index contributed by atoms with van der Waals surface area (Å²) in [5, 5.41) is 0. The second-order valence-electron chi connectivity index (χ2n) is 9.63. The lowest BCUT2D eigenvalue weighted by molar-refractivity contribution is -0.145. The lowest BCUT2D eigenvalue weighted by Gasteiger charge is -2.33. The predicted octanol–water partition coefficient (Wildman–Crippen LogP) is 4.30. The number of rotatable bonds is 17. The molecule has 37 heavy (non-hydrogen) atoms. The first kappa shape index (κ1) is 30.0. The Labute approximate surface area is 221 Å². The van der Waals surface area contributed by atoms with E-state index in [2.05, 4.69) is 31.2 Å². The van der Waals surface area contributed by atoms with Crippen molar-refractivity contribution in [3.05, 3.63) is 71.3 Å². The maximum Gasteiger partial charge on any atom is 0.306 e. The molecular weight excluding hydrogens is 466 g/mol. The van der Waals surface area contributed by atoms with Crippen LogP contribution < -0.4 is 11.5 Å². The van der Waals surface area contributed by atoms with Gasteiger partial charge >= 0.3 is 5.97 Å². The van der Waals surface area contributed by atoms with Crippen molar-refractivity contribution >= 4 is 17.8 Å². The van der Waals surface area contributed by atoms with Crippen LogP contribution in [0, 0.1) is 0 Å². The number of amides is 2. The number of nitrogens with zero attached hydrogens (tertiary/aromatic N) is 1. The fourth-order valence-corrected chi connectivity index (χ4v) is 4.35. The molecule has 0 aliphatic carbocycles. The molecule has 202 valence electrons. The van der Waals surface area contributed by atoms with E-state index in [4.69, 9.17) is 16.2 Å². The number of carbonyl (C=O) groups is 3. The van der Waals surface area contributed by atoms with Crippen LogP contribution in [0.4, 0.5) is 0 Å². The van der Waals surface area contributed by atoms with E-state index in [0.717, 1.165) is 36.8 Å². The third-order valence-electron chi connectivity index (χ3n) is 6.39. The standard InChI is InChI=1S/C30H43N3O4/c1-3-5-10-23-15-17-24(18-16-23)20-26(21-28(32)34)33(19-4-2)30(36)27(31)13-9-14-29(35)37-22-25-11-7-6-8-12-25/h6-8,11-12,15-18,26-27H,3-5,9-10,13-14,19-22,31H2,1-2H3,(H2,32,34)/t26-,27-/m0/s1. The Hall–Kier alpha value is -3.19. The van der Waals surface area contributed by atoms with Crippen LogP contribution in [0.25, 0.3) is 0 Å². The highest BCUT2D eigenvalue weighted by atomic mass is 16.5. The maximum atomic E-state index is 13.3. The van der Waals surface area contributed by atoms with Gasteiger partial charge in [-0.1, -0.05) is 74.9 Å². The van der Waals surface area contributed by atoms with Crippen LogP contribution in [0.1, 0.15) is 75.5 Å². The fourth-order valence-electron chi connectivity index (χ4n) is 4.35. The predicted molar refractivity (Wildman–Crippen MR) is 146 cm³/mol. The molecule has 2 aromatic carbocycles. The first-order valence-electron chi connectivity index (χ1n) is 13.5. The molecule has 2 atom stereocenters. The van der Waals surface area contributed by atoms with Crippen molar-refractivity contribution < 1.29 is 19.1 Å². The molecule has 7 nitrogen and oxygen atoms in total. The summed E-state index contributed by atoms with van der Waals surface area (Å²) >= 11 is 0. The van der Waals surface area contributed by atoms with Gasteiger partial charge in [0, 0.05) is 25.4 Å². The molecule has 4 N–H and O–H groups in total. The smallest absolute Gasteiger partial charge is 0.306 e. The molecule has 0 aromatic heterocycles. The second kappa shape index (κ2) is 16.5. The normalized spacial score (nSPS) is 12.5. The van der Waals surface area contributed by atoms with Crippen LogP contribution in [-0.4, -0.2) is 41.3 Å². The van der Waals surface area contributed by atoms with Gasteiger partial charge in [-0.3, -0.25) is 14.4 Å². The molecular formula is C30H43N3O4. The van der Waals surface area contributed by atoms with Crippen molar-refractivity contribution in [3.63, 3.8) is 0 Å². The van der Waals surface area contributed by atoms with Gasteiger partial charge in [-0.2, -0.15) is 0 Å². The van der Waals surface area contributed by atoms with Crippen LogP contribution in [0.15, 0.2) is 54.6 Å². The number of aryl methyl sites for hydroxylation is 1. The van der Waals surface area contributed by atoms with Gasteiger partial charge < -0.3 is 21.1 Å². The molecule has 7 heteroatoms. The quantitative estimate of drug-likeness (QED) is 0.309. The molecule has 0 unspecified atom stereocenters. The van der Waals surface area contributed by atoms with Gasteiger partial charge in [0.1, 0.15) is 6.61 Å². The zero-order chi connectivity index (χ0) is 27.0. The largest absolute Gasteiger partial charge is 0.461 e. The molecule has 2 rings (SSSR count). The number of primary amides is 1. The molecule has 2 aromatic rings.